The van der Waals surface area contributed by atoms with Crippen LogP contribution in [0.25, 0.3) is 0 Å². The number of nitrogens with one attached hydrogen (secondary N) is 1. The van der Waals surface area contributed by atoms with Crippen molar-refractivity contribution < 1.29 is 14.6 Å². The molecule has 1 unspecified atom stereocenters. The van der Waals surface area contributed by atoms with Crippen LogP contribution in [0.2, 0.25) is 0 Å². The summed E-state index contributed by atoms with van der Waals surface area (Å²) < 4.78 is 5.59. The molecule has 20 heavy (non-hydrogen) atoms. The molecule has 1 amide bonds. The molecule has 0 bridgehead atoms. The third-order valence-electron chi connectivity index (χ3n) is 2.96. The molecule has 0 aliphatic heterocycles. The normalized spacial score (nSPS) is 12.2. The molecule has 0 fully saturated rings. The molecule has 0 heterocycles. The molecular formula is C16H25NO3. The zero-order valence-electron chi connectivity index (χ0n) is 12.6. The Bertz CT molecular complexity index is 399. The van der Waals surface area contributed by atoms with E-state index in [-0.39, 0.29) is 5.91 Å². The van der Waals surface area contributed by atoms with E-state index in [0.29, 0.717) is 31.9 Å². The van der Waals surface area contributed by atoms with Crippen molar-refractivity contribution in [3.8, 4) is 5.75 Å². The maximum atomic E-state index is 11.4. The lowest BCUT2D eigenvalue weighted by atomic mass is 10.0. The Balaban J connectivity index is 2.19. The quantitative estimate of drug-likeness (QED) is 0.719. The van der Waals surface area contributed by atoms with E-state index in [1.807, 2.05) is 12.1 Å². The van der Waals surface area contributed by atoms with Crippen molar-refractivity contribution in [3.05, 3.63) is 29.8 Å². The zero-order chi connectivity index (χ0) is 15.0. The average Bonchev–Trinajstić information content (AvgIpc) is 2.42. The molecule has 4 heteroatoms. The van der Waals surface area contributed by atoms with E-state index in [0.717, 1.165) is 5.75 Å². The summed E-state index contributed by atoms with van der Waals surface area (Å²) in [5.41, 5.74) is 1.29. The van der Waals surface area contributed by atoms with Crippen molar-refractivity contribution in [2.24, 2.45) is 0 Å². The number of carbonyl (C=O) groups is 1. The fourth-order valence-electron chi connectivity index (χ4n) is 1.72. The summed E-state index contributed by atoms with van der Waals surface area (Å²) in [5, 5.41) is 11.7. The van der Waals surface area contributed by atoms with E-state index in [4.69, 9.17) is 9.84 Å². The standard InChI is InChI=1S/C16H25NO3/c1-12(2)14-6-8-15(9-7-14)20-10-4-5-16(19)17-11-13(3)18/h6-9,12-13,18H,4-5,10-11H2,1-3H3,(H,17,19). The van der Waals surface area contributed by atoms with Gasteiger partial charge in [-0.3, -0.25) is 4.79 Å². The van der Waals surface area contributed by atoms with Crippen LogP contribution in [0.4, 0.5) is 0 Å². The highest BCUT2D eigenvalue weighted by atomic mass is 16.5. The lowest BCUT2D eigenvalue weighted by Crippen LogP contribution is -2.30. The molecule has 1 aromatic carbocycles. The summed E-state index contributed by atoms with van der Waals surface area (Å²) in [6, 6.07) is 8.05. The molecular weight excluding hydrogens is 254 g/mol. The van der Waals surface area contributed by atoms with Crippen LogP contribution in [0, 0.1) is 0 Å². The van der Waals surface area contributed by atoms with Crippen LogP contribution in [-0.2, 0) is 4.79 Å². The van der Waals surface area contributed by atoms with Gasteiger partial charge in [0.15, 0.2) is 0 Å². The Morgan fingerprint density at radius 3 is 2.45 bits per heavy atom. The van der Waals surface area contributed by atoms with Gasteiger partial charge in [0.1, 0.15) is 5.75 Å². The molecule has 4 nitrogen and oxygen atoms in total. The highest BCUT2D eigenvalue weighted by Crippen LogP contribution is 2.18. The van der Waals surface area contributed by atoms with Gasteiger partial charge >= 0.3 is 0 Å². The van der Waals surface area contributed by atoms with Crippen molar-refractivity contribution in [2.75, 3.05) is 13.2 Å². The Labute approximate surface area is 121 Å². The molecule has 0 spiro atoms. The first-order valence-corrected chi connectivity index (χ1v) is 7.16. The fourth-order valence-corrected chi connectivity index (χ4v) is 1.72. The number of aliphatic hydroxyl groups is 1. The van der Waals surface area contributed by atoms with Gasteiger partial charge in [0.05, 0.1) is 12.7 Å². The van der Waals surface area contributed by atoms with E-state index in [1.54, 1.807) is 6.92 Å². The third kappa shape index (κ3) is 6.57. The van der Waals surface area contributed by atoms with Gasteiger partial charge in [-0.25, -0.2) is 0 Å². The van der Waals surface area contributed by atoms with Crippen LogP contribution in [0.5, 0.6) is 5.75 Å². The van der Waals surface area contributed by atoms with Gasteiger partial charge in [-0.15, -0.1) is 0 Å². The second-order valence-electron chi connectivity index (χ2n) is 5.33. The van der Waals surface area contributed by atoms with Gasteiger partial charge in [0.2, 0.25) is 5.91 Å². The van der Waals surface area contributed by atoms with E-state index >= 15 is 0 Å². The van der Waals surface area contributed by atoms with E-state index in [9.17, 15) is 4.79 Å². The maximum Gasteiger partial charge on any atom is 0.220 e. The monoisotopic (exact) mass is 279 g/mol. The minimum absolute atomic E-state index is 0.0512. The molecule has 0 aliphatic carbocycles. The second kappa shape index (κ2) is 8.59. The summed E-state index contributed by atoms with van der Waals surface area (Å²) in [4.78, 5) is 11.4. The van der Waals surface area contributed by atoms with Gasteiger partial charge in [0, 0.05) is 13.0 Å². The number of aliphatic hydroxyl groups excluding tert-OH is 1. The highest BCUT2D eigenvalue weighted by Gasteiger charge is 2.03. The van der Waals surface area contributed by atoms with E-state index in [1.165, 1.54) is 5.56 Å². The Morgan fingerprint density at radius 2 is 1.90 bits per heavy atom. The molecule has 0 saturated carbocycles. The van der Waals surface area contributed by atoms with Crippen LogP contribution < -0.4 is 10.1 Å². The molecule has 1 aromatic rings. The smallest absolute Gasteiger partial charge is 0.220 e. The molecule has 112 valence electrons. The number of hydrogen-bond donors (Lipinski definition) is 2. The van der Waals surface area contributed by atoms with Crippen LogP contribution >= 0.6 is 0 Å². The summed E-state index contributed by atoms with van der Waals surface area (Å²) in [5.74, 6) is 1.30. The molecule has 2 N–H and O–H groups in total. The number of amides is 1. The van der Waals surface area contributed by atoms with Crippen molar-refractivity contribution >= 4 is 5.91 Å². The lowest BCUT2D eigenvalue weighted by Gasteiger charge is -2.09. The largest absolute Gasteiger partial charge is 0.494 e. The minimum atomic E-state index is -0.505. The van der Waals surface area contributed by atoms with E-state index in [2.05, 4.69) is 31.3 Å². The van der Waals surface area contributed by atoms with Gasteiger partial charge < -0.3 is 15.2 Å². The predicted octanol–water partition coefficient (Wildman–Crippen LogP) is 2.47. The first-order chi connectivity index (χ1) is 9.49. The SMILES string of the molecule is CC(O)CNC(=O)CCCOc1ccc(C(C)C)cc1. The van der Waals surface area contributed by atoms with Gasteiger partial charge in [-0.2, -0.15) is 0 Å². The molecule has 0 aliphatic rings. The Kier molecular flexibility index (Phi) is 7.09. The first-order valence-electron chi connectivity index (χ1n) is 7.16. The summed E-state index contributed by atoms with van der Waals surface area (Å²) in [7, 11) is 0. The predicted molar refractivity (Wildman–Crippen MR) is 80.0 cm³/mol. The second-order valence-corrected chi connectivity index (χ2v) is 5.33. The number of carbonyl (C=O) groups excluding carboxylic acids is 1. The average molecular weight is 279 g/mol. The molecule has 1 atom stereocenters. The molecule has 0 saturated heterocycles. The highest BCUT2D eigenvalue weighted by molar-refractivity contribution is 5.75. The summed E-state index contributed by atoms with van der Waals surface area (Å²) in [6.45, 7) is 6.77. The zero-order valence-corrected chi connectivity index (χ0v) is 12.6. The third-order valence-corrected chi connectivity index (χ3v) is 2.96. The minimum Gasteiger partial charge on any atom is -0.494 e. The van der Waals surface area contributed by atoms with Crippen molar-refractivity contribution in [2.45, 2.75) is 45.6 Å². The van der Waals surface area contributed by atoms with Crippen LogP contribution in [-0.4, -0.2) is 30.3 Å². The molecule has 1 rings (SSSR count). The van der Waals surface area contributed by atoms with Crippen LogP contribution in [0.1, 0.15) is 45.1 Å². The maximum absolute atomic E-state index is 11.4. The molecule has 0 radical (unpaired) electrons. The fraction of sp³-hybridized carbons (Fsp3) is 0.562. The lowest BCUT2D eigenvalue weighted by molar-refractivity contribution is -0.121. The topological polar surface area (TPSA) is 58.6 Å². The number of hydrogen-bond acceptors (Lipinski definition) is 3. The number of rotatable bonds is 8. The number of benzene rings is 1. The summed E-state index contributed by atoms with van der Waals surface area (Å²) in [6.07, 6.45) is 0.573. The summed E-state index contributed by atoms with van der Waals surface area (Å²) >= 11 is 0. The first kappa shape index (κ1) is 16.5. The van der Waals surface area contributed by atoms with Gasteiger partial charge in [-0.05, 0) is 37.0 Å². The van der Waals surface area contributed by atoms with Crippen molar-refractivity contribution in [1.29, 1.82) is 0 Å². The van der Waals surface area contributed by atoms with E-state index < -0.39 is 6.10 Å². The van der Waals surface area contributed by atoms with Crippen LogP contribution in [0.3, 0.4) is 0 Å². The van der Waals surface area contributed by atoms with Crippen molar-refractivity contribution in [3.63, 3.8) is 0 Å². The Hall–Kier alpha value is -1.55. The van der Waals surface area contributed by atoms with Gasteiger partial charge in [0.25, 0.3) is 0 Å². The van der Waals surface area contributed by atoms with Crippen molar-refractivity contribution in [1.82, 2.24) is 5.32 Å². The Morgan fingerprint density at radius 1 is 1.25 bits per heavy atom. The van der Waals surface area contributed by atoms with Crippen LogP contribution in [0.15, 0.2) is 24.3 Å². The number of ether oxygens (including phenoxy) is 1. The van der Waals surface area contributed by atoms with Gasteiger partial charge in [-0.1, -0.05) is 26.0 Å². The molecule has 0 aromatic heterocycles.